The lowest BCUT2D eigenvalue weighted by Gasteiger charge is -2.08. The summed E-state index contributed by atoms with van der Waals surface area (Å²) in [7, 11) is 0. The molecule has 7 heteroatoms. The molecule has 0 spiro atoms. The van der Waals surface area contributed by atoms with Crippen LogP contribution in [0.2, 0.25) is 5.02 Å². The number of carbonyl (C=O) groups excluding carboxylic acids is 2. The molecule has 0 unspecified atom stereocenters. The van der Waals surface area contributed by atoms with Gasteiger partial charge in [-0.1, -0.05) is 35.9 Å². The number of amides is 1. The zero-order valence-electron chi connectivity index (χ0n) is 14.5. The van der Waals surface area contributed by atoms with Crippen LogP contribution in [-0.4, -0.2) is 23.6 Å². The summed E-state index contributed by atoms with van der Waals surface area (Å²) >= 11 is 5.65. The van der Waals surface area contributed by atoms with Crippen LogP contribution in [0.5, 0.6) is 5.75 Å². The van der Waals surface area contributed by atoms with Crippen molar-refractivity contribution >= 4 is 29.2 Å². The molecule has 0 bridgehead atoms. The van der Waals surface area contributed by atoms with Gasteiger partial charge in [0, 0.05) is 5.69 Å². The first kappa shape index (κ1) is 19.4. The standard InChI is InChI=1S/C21H15ClFNO4/c22-18-11-16(7-10-19(18)23)24-20(26)12-28-21(27)15-3-1-13(2-4-15)14-5-8-17(25)9-6-14/h1-11,25H,12H2,(H,24,26). The Labute approximate surface area is 165 Å². The predicted octanol–water partition coefficient (Wildman–Crippen LogP) is 4.65. The molecule has 0 aliphatic carbocycles. The van der Waals surface area contributed by atoms with Crippen molar-refractivity contribution in [3.8, 4) is 16.9 Å². The molecule has 0 saturated heterocycles. The van der Waals surface area contributed by atoms with E-state index < -0.39 is 24.3 Å². The van der Waals surface area contributed by atoms with Crippen LogP contribution in [0.3, 0.4) is 0 Å². The first-order valence-corrected chi connectivity index (χ1v) is 8.61. The molecule has 0 saturated carbocycles. The number of rotatable bonds is 5. The van der Waals surface area contributed by atoms with Gasteiger partial charge in [-0.15, -0.1) is 0 Å². The molecule has 0 aromatic heterocycles. The number of esters is 1. The van der Waals surface area contributed by atoms with Crippen molar-refractivity contribution in [2.24, 2.45) is 0 Å². The van der Waals surface area contributed by atoms with Crippen molar-refractivity contribution in [3.05, 3.63) is 83.1 Å². The molecule has 0 atom stereocenters. The summed E-state index contributed by atoms with van der Waals surface area (Å²) in [4.78, 5) is 24.0. The van der Waals surface area contributed by atoms with E-state index in [0.29, 0.717) is 11.3 Å². The number of aromatic hydroxyl groups is 1. The number of halogens is 2. The van der Waals surface area contributed by atoms with Gasteiger partial charge in [0.2, 0.25) is 0 Å². The maximum Gasteiger partial charge on any atom is 0.338 e. The quantitative estimate of drug-likeness (QED) is 0.612. The lowest BCUT2D eigenvalue weighted by Crippen LogP contribution is -2.20. The smallest absolute Gasteiger partial charge is 0.338 e. The number of carbonyl (C=O) groups is 2. The zero-order chi connectivity index (χ0) is 20.1. The van der Waals surface area contributed by atoms with Crippen LogP contribution in [0.25, 0.3) is 11.1 Å². The second-order valence-electron chi connectivity index (χ2n) is 5.88. The monoisotopic (exact) mass is 399 g/mol. The largest absolute Gasteiger partial charge is 0.508 e. The van der Waals surface area contributed by atoms with Crippen LogP contribution in [0.4, 0.5) is 10.1 Å². The molecule has 0 aliphatic rings. The van der Waals surface area contributed by atoms with Gasteiger partial charge in [-0.3, -0.25) is 4.79 Å². The first-order chi connectivity index (χ1) is 13.4. The Bertz CT molecular complexity index is 1000. The molecule has 3 aromatic rings. The maximum atomic E-state index is 13.1. The van der Waals surface area contributed by atoms with E-state index in [9.17, 15) is 19.1 Å². The molecule has 5 nitrogen and oxygen atoms in total. The molecule has 3 rings (SSSR count). The number of hydrogen-bond donors (Lipinski definition) is 2. The Kier molecular flexibility index (Phi) is 5.91. The molecule has 2 N–H and O–H groups in total. The highest BCUT2D eigenvalue weighted by molar-refractivity contribution is 6.31. The third-order valence-electron chi connectivity index (χ3n) is 3.86. The van der Waals surface area contributed by atoms with Crippen molar-refractivity contribution in [1.29, 1.82) is 0 Å². The average molecular weight is 400 g/mol. The van der Waals surface area contributed by atoms with E-state index in [-0.39, 0.29) is 10.8 Å². The summed E-state index contributed by atoms with van der Waals surface area (Å²) in [5, 5.41) is 11.7. The Balaban J connectivity index is 1.56. The van der Waals surface area contributed by atoms with Crippen LogP contribution in [0.1, 0.15) is 10.4 Å². The lowest BCUT2D eigenvalue weighted by molar-refractivity contribution is -0.119. The van der Waals surface area contributed by atoms with E-state index in [1.54, 1.807) is 48.5 Å². The Morgan fingerprint density at radius 2 is 1.57 bits per heavy atom. The van der Waals surface area contributed by atoms with Crippen LogP contribution < -0.4 is 5.32 Å². The summed E-state index contributed by atoms with van der Waals surface area (Å²) in [5.74, 6) is -1.65. The second kappa shape index (κ2) is 8.54. The molecular formula is C21H15ClFNO4. The minimum absolute atomic E-state index is 0.122. The predicted molar refractivity (Wildman–Crippen MR) is 104 cm³/mol. The van der Waals surface area contributed by atoms with Gasteiger partial charge in [-0.05, 0) is 53.6 Å². The van der Waals surface area contributed by atoms with Crippen LogP contribution >= 0.6 is 11.6 Å². The van der Waals surface area contributed by atoms with Gasteiger partial charge in [-0.25, -0.2) is 9.18 Å². The second-order valence-corrected chi connectivity index (χ2v) is 6.28. The highest BCUT2D eigenvalue weighted by Crippen LogP contribution is 2.22. The summed E-state index contributed by atoms with van der Waals surface area (Å²) < 4.78 is 18.1. The number of anilines is 1. The van der Waals surface area contributed by atoms with Gasteiger partial charge in [0.1, 0.15) is 11.6 Å². The third-order valence-corrected chi connectivity index (χ3v) is 4.15. The van der Waals surface area contributed by atoms with Crippen molar-refractivity contribution in [1.82, 2.24) is 0 Å². The van der Waals surface area contributed by atoms with Gasteiger partial charge in [0.05, 0.1) is 10.6 Å². The zero-order valence-corrected chi connectivity index (χ0v) is 15.2. The van der Waals surface area contributed by atoms with Crippen molar-refractivity contribution in [2.75, 3.05) is 11.9 Å². The summed E-state index contributed by atoms with van der Waals surface area (Å²) in [6.45, 7) is -0.493. The Morgan fingerprint density at radius 1 is 0.964 bits per heavy atom. The minimum Gasteiger partial charge on any atom is -0.508 e. The molecule has 3 aromatic carbocycles. The number of hydrogen-bond acceptors (Lipinski definition) is 4. The van der Waals surface area contributed by atoms with E-state index in [1.807, 2.05) is 0 Å². The molecule has 0 radical (unpaired) electrons. The van der Waals surface area contributed by atoms with E-state index in [2.05, 4.69) is 5.32 Å². The number of nitrogens with one attached hydrogen (secondary N) is 1. The van der Waals surface area contributed by atoms with Gasteiger partial charge >= 0.3 is 5.97 Å². The fourth-order valence-electron chi connectivity index (χ4n) is 2.44. The fraction of sp³-hybridized carbons (Fsp3) is 0.0476. The topological polar surface area (TPSA) is 75.6 Å². The Hall–Kier alpha value is -3.38. The molecule has 0 aliphatic heterocycles. The molecule has 0 fully saturated rings. The third kappa shape index (κ3) is 4.86. The van der Waals surface area contributed by atoms with Crippen LogP contribution in [0, 0.1) is 5.82 Å². The minimum atomic E-state index is -0.649. The number of phenols is 1. The highest BCUT2D eigenvalue weighted by Gasteiger charge is 2.11. The lowest BCUT2D eigenvalue weighted by atomic mass is 10.0. The SMILES string of the molecule is O=C(COC(=O)c1ccc(-c2ccc(O)cc2)cc1)Nc1ccc(F)c(Cl)c1. The fourth-order valence-corrected chi connectivity index (χ4v) is 2.62. The molecule has 142 valence electrons. The van der Waals surface area contributed by atoms with Crippen molar-refractivity contribution < 1.29 is 23.8 Å². The van der Waals surface area contributed by atoms with E-state index in [1.165, 1.54) is 12.1 Å². The molecular weight excluding hydrogens is 385 g/mol. The molecule has 28 heavy (non-hydrogen) atoms. The van der Waals surface area contributed by atoms with Crippen molar-refractivity contribution in [2.45, 2.75) is 0 Å². The number of benzene rings is 3. The summed E-state index contributed by atoms with van der Waals surface area (Å²) in [5.41, 5.74) is 2.34. The number of phenolic OH excluding ortho intramolecular Hbond substituents is 1. The summed E-state index contributed by atoms with van der Waals surface area (Å²) in [6.07, 6.45) is 0. The van der Waals surface area contributed by atoms with Gasteiger partial charge in [0.25, 0.3) is 5.91 Å². The van der Waals surface area contributed by atoms with Gasteiger partial charge in [-0.2, -0.15) is 0 Å². The number of ether oxygens (including phenoxy) is 1. The first-order valence-electron chi connectivity index (χ1n) is 8.24. The molecule has 1 amide bonds. The summed E-state index contributed by atoms with van der Waals surface area (Å²) in [6, 6.07) is 17.1. The van der Waals surface area contributed by atoms with Crippen molar-refractivity contribution in [3.63, 3.8) is 0 Å². The normalized spacial score (nSPS) is 10.4. The van der Waals surface area contributed by atoms with E-state index in [4.69, 9.17) is 16.3 Å². The van der Waals surface area contributed by atoms with E-state index in [0.717, 1.165) is 17.2 Å². The van der Waals surface area contributed by atoms with Crippen LogP contribution in [0.15, 0.2) is 66.7 Å². The van der Waals surface area contributed by atoms with E-state index >= 15 is 0 Å². The van der Waals surface area contributed by atoms with Gasteiger partial charge in [0.15, 0.2) is 6.61 Å². The average Bonchev–Trinajstić information content (AvgIpc) is 2.70. The van der Waals surface area contributed by atoms with Crippen LogP contribution in [-0.2, 0) is 9.53 Å². The highest BCUT2D eigenvalue weighted by atomic mass is 35.5. The Morgan fingerprint density at radius 3 is 2.18 bits per heavy atom. The maximum absolute atomic E-state index is 13.1. The van der Waals surface area contributed by atoms with Gasteiger partial charge < -0.3 is 15.2 Å². The molecule has 0 heterocycles.